The number of ether oxygens (including phenoxy) is 1. The number of benzene rings is 1. The smallest absolute Gasteiger partial charge is 0.422 e. The molecule has 0 aliphatic carbocycles. The van der Waals surface area contributed by atoms with Gasteiger partial charge >= 0.3 is 6.18 Å². The van der Waals surface area contributed by atoms with Crippen molar-refractivity contribution in [2.75, 3.05) is 6.61 Å². The van der Waals surface area contributed by atoms with E-state index >= 15 is 0 Å². The number of carbonyl (C=O) groups is 1. The zero-order chi connectivity index (χ0) is 17.7. The van der Waals surface area contributed by atoms with Crippen LogP contribution in [0.4, 0.5) is 17.6 Å². The van der Waals surface area contributed by atoms with E-state index in [1.165, 1.54) is 42.6 Å². The van der Waals surface area contributed by atoms with Gasteiger partial charge in [0.25, 0.3) is 5.91 Å². The number of alkyl halides is 3. The summed E-state index contributed by atoms with van der Waals surface area (Å²) in [5.74, 6) is -1.46. The molecule has 1 aromatic heterocycles. The highest BCUT2D eigenvalue weighted by Crippen LogP contribution is 2.21. The van der Waals surface area contributed by atoms with Crippen molar-refractivity contribution in [1.82, 2.24) is 10.3 Å². The Kier molecular flexibility index (Phi) is 5.38. The Morgan fingerprint density at radius 2 is 1.92 bits per heavy atom. The molecule has 0 aliphatic heterocycles. The monoisotopic (exact) mass is 342 g/mol. The molecular weight excluding hydrogens is 328 g/mol. The van der Waals surface area contributed by atoms with E-state index in [0.717, 1.165) is 0 Å². The van der Waals surface area contributed by atoms with Crippen molar-refractivity contribution < 1.29 is 27.1 Å². The topological polar surface area (TPSA) is 51.2 Å². The molecule has 0 spiro atoms. The van der Waals surface area contributed by atoms with E-state index in [4.69, 9.17) is 0 Å². The lowest BCUT2D eigenvalue weighted by Gasteiger charge is -2.16. The molecular formula is C16H14F4N2O2. The Morgan fingerprint density at radius 3 is 2.54 bits per heavy atom. The van der Waals surface area contributed by atoms with Gasteiger partial charge in [-0.25, -0.2) is 9.37 Å². The molecule has 0 radical (unpaired) electrons. The van der Waals surface area contributed by atoms with Crippen LogP contribution < -0.4 is 10.1 Å². The van der Waals surface area contributed by atoms with Gasteiger partial charge < -0.3 is 10.1 Å². The van der Waals surface area contributed by atoms with Crippen LogP contribution in [-0.2, 0) is 0 Å². The van der Waals surface area contributed by atoms with Gasteiger partial charge in [-0.3, -0.25) is 4.79 Å². The summed E-state index contributed by atoms with van der Waals surface area (Å²) in [6.45, 7) is 0.121. The Hall–Kier alpha value is -2.64. The number of pyridine rings is 1. The zero-order valence-corrected chi connectivity index (χ0v) is 12.6. The number of nitrogens with zero attached hydrogens (tertiary/aromatic N) is 1. The minimum Gasteiger partial charge on any atom is -0.467 e. The standard InChI is InChI=1S/C16H14F4N2O2/c1-10(11-4-6-12(17)7-5-11)22-14(23)13-3-2-8-21-15(13)24-9-16(18,19)20/h2-8,10H,9H2,1H3,(H,22,23). The summed E-state index contributed by atoms with van der Waals surface area (Å²) in [5.41, 5.74) is 0.530. The predicted molar refractivity (Wildman–Crippen MR) is 78.1 cm³/mol. The molecule has 128 valence electrons. The largest absolute Gasteiger partial charge is 0.467 e. The van der Waals surface area contributed by atoms with Crippen LogP contribution in [0.25, 0.3) is 0 Å². The van der Waals surface area contributed by atoms with Gasteiger partial charge in [-0.05, 0) is 36.8 Å². The van der Waals surface area contributed by atoms with E-state index in [2.05, 4.69) is 15.0 Å². The van der Waals surface area contributed by atoms with E-state index in [1.807, 2.05) is 0 Å². The van der Waals surface area contributed by atoms with Gasteiger partial charge in [0.1, 0.15) is 11.4 Å². The first kappa shape index (κ1) is 17.7. The van der Waals surface area contributed by atoms with Gasteiger partial charge in [0.15, 0.2) is 6.61 Å². The second-order valence-electron chi connectivity index (χ2n) is 5.01. The van der Waals surface area contributed by atoms with E-state index < -0.39 is 36.4 Å². The number of rotatable bonds is 5. The lowest BCUT2D eigenvalue weighted by molar-refractivity contribution is -0.154. The Morgan fingerprint density at radius 1 is 1.25 bits per heavy atom. The molecule has 1 aromatic carbocycles. The van der Waals surface area contributed by atoms with Gasteiger partial charge in [-0.2, -0.15) is 13.2 Å². The van der Waals surface area contributed by atoms with Gasteiger partial charge in [0.05, 0.1) is 6.04 Å². The number of amides is 1. The highest BCUT2D eigenvalue weighted by atomic mass is 19.4. The first-order chi connectivity index (χ1) is 11.3. The van der Waals surface area contributed by atoms with Crippen LogP contribution >= 0.6 is 0 Å². The Bertz CT molecular complexity index is 702. The summed E-state index contributed by atoms with van der Waals surface area (Å²) in [7, 11) is 0. The maximum absolute atomic E-state index is 12.9. The molecule has 2 rings (SSSR count). The van der Waals surface area contributed by atoms with Gasteiger partial charge in [0, 0.05) is 6.20 Å². The van der Waals surface area contributed by atoms with Gasteiger partial charge in [0.2, 0.25) is 5.88 Å². The number of nitrogens with one attached hydrogen (secondary N) is 1. The average molecular weight is 342 g/mol. The number of hydrogen-bond acceptors (Lipinski definition) is 3. The van der Waals surface area contributed by atoms with Crippen LogP contribution in [-0.4, -0.2) is 23.7 Å². The third-order valence-corrected chi connectivity index (χ3v) is 3.11. The van der Waals surface area contributed by atoms with Crippen LogP contribution in [0.3, 0.4) is 0 Å². The van der Waals surface area contributed by atoms with Crippen molar-refractivity contribution in [3.63, 3.8) is 0 Å². The molecule has 2 aromatic rings. The molecule has 1 unspecified atom stereocenters. The number of carbonyl (C=O) groups excluding carboxylic acids is 1. The summed E-state index contributed by atoms with van der Waals surface area (Å²) >= 11 is 0. The van der Waals surface area contributed by atoms with E-state index in [0.29, 0.717) is 5.56 Å². The lowest BCUT2D eigenvalue weighted by Crippen LogP contribution is -2.28. The third-order valence-electron chi connectivity index (χ3n) is 3.11. The van der Waals surface area contributed by atoms with Crippen LogP contribution in [0.5, 0.6) is 5.88 Å². The van der Waals surface area contributed by atoms with Crippen molar-refractivity contribution in [1.29, 1.82) is 0 Å². The second kappa shape index (κ2) is 7.29. The minimum atomic E-state index is -4.54. The molecule has 0 saturated carbocycles. The molecule has 8 heteroatoms. The van der Waals surface area contributed by atoms with E-state index in [1.54, 1.807) is 6.92 Å². The maximum atomic E-state index is 12.9. The van der Waals surface area contributed by atoms with Gasteiger partial charge in [-0.15, -0.1) is 0 Å². The highest BCUT2D eigenvalue weighted by molar-refractivity contribution is 5.96. The second-order valence-corrected chi connectivity index (χ2v) is 5.01. The van der Waals surface area contributed by atoms with Crippen molar-refractivity contribution >= 4 is 5.91 Å². The molecule has 24 heavy (non-hydrogen) atoms. The van der Waals surface area contributed by atoms with Gasteiger partial charge in [-0.1, -0.05) is 12.1 Å². The average Bonchev–Trinajstić information content (AvgIpc) is 2.53. The summed E-state index contributed by atoms with van der Waals surface area (Å²) in [6.07, 6.45) is -3.31. The highest BCUT2D eigenvalue weighted by Gasteiger charge is 2.29. The summed E-state index contributed by atoms with van der Waals surface area (Å²) < 4.78 is 54.2. The molecule has 0 aliphatic rings. The van der Waals surface area contributed by atoms with E-state index in [-0.39, 0.29) is 5.56 Å². The third kappa shape index (κ3) is 4.94. The molecule has 0 fully saturated rings. The number of aromatic nitrogens is 1. The van der Waals surface area contributed by atoms with Crippen LogP contribution in [0.15, 0.2) is 42.6 Å². The lowest BCUT2D eigenvalue weighted by atomic mass is 10.1. The molecule has 4 nitrogen and oxygen atoms in total. The molecule has 0 saturated heterocycles. The minimum absolute atomic E-state index is 0.115. The quantitative estimate of drug-likeness (QED) is 0.844. The Balaban J connectivity index is 2.10. The van der Waals surface area contributed by atoms with E-state index in [9.17, 15) is 22.4 Å². The maximum Gasteiger partial charge on any atom is 0.422 e. The van der Waals surface area contributed by atoms with Crippen molar-refractivity contribution in [3.8, 4) is 5.88 Å². The predicted octanol–water partition coefficient (Wildman–Crippen LogP) is 3.65. The fourth-order valence-electron chi connectivity index (χ4n) is 1.94. The fraction of sp³-hybridized carbons (Fsp3) is 0.250. The fourth-order valence-corrected chi connectivity index (χ4v) is 1.94. The van der Waals surface area contributed by atoms with Crippen molar-refractivity contribution in [2.45, 2.75) is 19.1 Å². The van der Waals surface area contributed by atoms with Crippen LogP contribution in [0.1, 0.15) is 28.9 Å². The summed E-state index contributed by atoms with van der Waals surface area (Å²) in [6, 6.07) is 7.76. The molecule has 0 bridgehead atoms. The normalized spacial score (nSPS) is 12.5. The molecule has 1 heterocycles. The van der Waals surface area contributed by atoms with Crippen LogP contribution in [0.2, 0.25) is 0 Å². The number of halogens is 4. The molecule has 1 amide bonds. The summed E-state index contributed by atoms with van der Waals surface area (Å²) in [5, 5.41) is 2.61. The Labute approximate surface area is 135 Å². The summed E-state index contributed by atoms with van der Waals surface area (Å²) in [4.78, 5) is 15.9. The first-order valence-electron chi connectivity index (χ1n) is 6.97. The van der Waals surface area contributed by atoms with Crippen molar-refractivity contribution in [3.05, 3.63) is 59.5 Å². The first-order valence-corrected chi connectivity index (χ1v) is 6.97. The molecule has 1 atom stereocenters. The van der Waals surface area contributed by atoms with Crippen LogP contribution in [0, 0.1) is 5.82 Å². The number of hydrogen-bond donors (Lipinski definition) is 1. The van der Waals surface area contributed by atoms with Crippen molar-refractivity contribution in [2.24, 2.45) is 0 Å². The molecule has 1 N–H and O–H groups in total. The zero-order valence-electron chi connectivity index (χ0n) is 12.6. The SMILES string of the molecule is CC(NC(=O)c1cccnc1OCC(F)(F)F)c1ccc(F)cc1.